The number of unbranched alkanes of at least 4 members (excludes halogenated alkanes) is 1. The van der Waals surface area contributed by atoms with Crippen molar-refractivity contribution in [3.05, 3.63) is 139 Å². The first-order valence-electron chi connectivity index (χ1n) is 16.9. The average molecular weight is 769 g/mol. The van der Waals surface area contributed by atoms with E-state index in [-0.39, 0.29) is 43.1 Å². The van der Waals surface area contributed by atoms with Crippen molar-refractivity contribution in [2.24, 2.45) is 0 Å². The predicted octanol–water partition coefficient (Wildman–Crippen LogP) is 4.84. The third kappa shape index (κ3) is 9.60. The molecule has 16 nitrogen and oxygen atoms in total. The van der Waals surface area contributed by atoms with Crippen LogP contribution in [0.25, 0.3) is 0 Å². The zero-order chi connectivity index (χ0) is 39.7. The lowest BCUT2D eigenvalue weighted by molar-refractivity contribution is -0.790. The number of anilines is 1. The minimum Gasteiger partial charge on any atom is -0.463 e. The van der Waals surface area contributed by atoms with Gasteiger partial charge in [-0.25, -0.2) is 27.9 Å². The van der Waals surface area contributed by atoms with Crippen molar-refractivity contribution in [2.75, 3.05) is 24.7 Å². The smallest absolute Gasteiger partial charge is 0.350 e. The van der Waals surface area contributed by atoms with Gasteiger partial charge in [0.1, 0.15) is 35.7 Å². The Kier molecular flexibility index (Phi) is 12.8. The first kappa shape index (κ1) is 39.8. The van der Waals surface area contributed by atoms with E-state index in [1.165, 1.54) is 6.07 Å². The number of carbonyl (C=O) groups excluding carboxylic acids is 2. The summed E-state index contributed by atoms with van der Waals surface area (Å²) in [5.41, 5.74) is -0.515. The molecule has 3 unspecified atom stereocenters. The van der Waals surface area contributed by atoms with Crippen LogP contribution >= 0.6 is 0 Å². The van der Waals surface area contributed by atoms with Gasteiger partial charge in [-0.15, -0.1) is 20.2 Å². The van der Waals surface area contributed by atoms with Gasteiger partial charge in [-0.3, -0.25) is 10.1 Å². The van der Waals surface area contributed by atoms with Gasteiger partial charge in [-0.05, 0) is 50.8 Å². The molecule has 0 fully saturated rings. The molecule has 290 valence electrons. The lowest BCUT2D eigenvalue weighted by Crippen LogP contribution is -2.59. The van der Waals surface area contributed by atoms with Gasteiger partial charge in [0.05, 0.1) is 19.7 Å². The molecule has 0 aliphatic carbocycles. The Hall–Kier alpha value is -6.37. The first-order valence-corrected chi connectivity index (χ1v) is 16.9. The van der Waals surface area contributed by atoms with Gasteiger partial charge in [0, 0.05) is 40.3 Å². The van der Waals surface area contributed by atoms with Crippen molar-refractivity contribution < 1.29 is 52.1 Å². The van der Waals surface area contributed by atoms with Gasteiger partial charge in [0.25, 0.3) is 10.2 Å². The number of benzene rings is 3. The number of hydrogen-bond donors (Lipinski definition) is 1. The van der Waals surface area contributed by atoms with E-state index < -0.39 is 82.5 Å². The van der Waals surface area contributed by atoms with Crippen LogP contribution in [-0.4, -0.2) is 64.0 Å². The standard InChI is InChI=1S/C36H35F3N6O10/c1-22-16-23(2)42-35(41-22)54-33(34(47)52-15-9-8-12-26(55-45(50)51)21-53-44(48)49)36(24-10-4-3-5-11-24)28-13-6-7-14-31(28)43(32(46)19-40-36)20-27-29(38)17-25(37)18-30(27)39/h3-7,10-11,13-14,16-18,26,33,40H,8-9,12,15,19-21H2,1-2H3. The number of esters is 1. The number of amides is 1. The van der Waals surface area contributed by atoms with E-state index >= 15 is 0 Å². The van der Waals surface area contributed by atoms with Crippen molar-refractivity contribution in [3.8, 4) is 6.01 Å². The van der Waals surface area contributed by atoms with Crippen molar-refractivity contribution >= 4 is 17.6 Å². The Labute approximate surface area is 311 Å². The third-order valence-corrected chi connectivity index (χ3v) is 8.65. The second kappa shape index (κ2) is 17.6. The Morgan fingerprint density at radius 3 is 2.25 bits per heavy atom. The molecule has 0 spiro atoms. The summed E-state index contributed by atoms with van der Waals surface area (Å²) >= 11 is 0. The largest absolute Gasteiger partial charge is 0.463 e. The summed E-state index contributed by atoms with van der Waals surface area (Å²) in [6, 6.07) is 17.3. The quantitative estimate of drug-likeness (QED) is 0.0664. The molecule has 0 bridgehead atoms. The average Bonchev–Trinajstić information content (AvgIpc) is 3.24. The molecule has 1 aliphatic heterocycles. The topological polar surface area (TPSA) is 198 Å². The van der Waals surface area contributed by atoms with Crippen LogP contribution < -0.4 is 15.0 Å². The monoisotopic (exact) mass is 768 g/mol. The van der Waals surface area contributed by atoms with Gasteiger partial charge in [0.15, 0.2) is 0 Å². The Morgan fingerprint density at radius 2 is 1.60 bits per heavy atom. The Balaban J connectivity index is 1.55. The number of nitrogens with zero attached hydrogens (tertiary/aromatic N) is 5. The van der Waals surface area contributed by atoms with Crippen LogP contribution in [0.2, 0.25) is 0 Å². The SMILES string of the molecule is Cc1cc(C)nc(OC(C(=O)OCCCCC(CO[N+](=O)[O-])O[N+](=O)[O-])C2(c3ccccc3)NCC(=O)N(Cc3c(F)cc(F)cc3F)c3ccccc32)n1. The number of fused-ring (bicyclic) bond motifs is 1. The molecule has 5 rings (SSSR count). The molecule has 1 aliphatic rings. The highest BCUT2D eigenvalue weighted by atomic mass is 19.1. The van der Waals surface area contributed by atoms with Crippen molar-refractivity contribution in [1.82, 2.24) is 15.3 Å². The summed E-state index contributed by atoms with van der Waals surface area (Å²) in [5, 5.41) is 22.5. The molecule has 0 radical (unpaired) electrons. The van der Waals surface area contributed by atoms with E-state index in [2.05, 4.69) is 25.0 Å². The summed E-state index contributed by atoms with van der Waals surface area (Å²) in [7, 11) is 0. The van der Waals surface area contributed by atoms with Crippen LogP contribution in [0.1, 0.15) is 47.3 Å². The number of hydrogen-bond acceptors (Lipinski definition) is 13. The number of ether oxygens (including phenoxy) is 2. The molecule has 55 heavy (non-hydrogen) atoms. The molecule has 1 aromatic heterocycles. The zero-order valence-electron chi connectivity index (χ0n) is 29.5. The van der Waals surface area contributed by atoms with E-state index in [1.54, 1.807) is 68.4 Å². The number of carbonyl (C=O) groups is 2. The van der Waals surface area contributed by atoms with Gasteiger partial charge in [0.2, 0.25) is 12.0 Å². The molecule has 0 saturated heterocycles. The van der Waals surface area contributed by atoms with E-state index in [4.69, 9.17) is 9.47 Å². The van der Waals surface area contributed by atoms with Crippen molar-refractivity contribution in [1.29, 1.82) is 0 Å². The maximum atomic E-state index is 15.0. The summed E-state index contributed by atoms with van der Waals surface area (Å²) in [5.74, 6) is -5.15. The number of rotatable bonds is 17. The van der Waals surface area contributed by atoms with E-state index in [0.29, 0.717) is 29.1 Å². The molecule has 2 heterocycles. The highest BCUT2D eigenvalue weighted by molar-refractivity contribution is 5.97. The molecule has 1 amide bonds. The summed E-state index contributed by atoms with van der Waals surface area (Å²) in [6.45, 7) is 1.30. The van der Waals surface area contributed by atoms with E-state index in [9.17, 15) is 43.0 Å². The van der Waals surface area contributed by atoms with Gasteiger partial charge < -0.3 is 24.0 Å². The molecule has 3 aromatic carbocycles. The van der Waals surface area contributed by atoms with Crippen LogP contribution in [0.5, 0.6) is 6.01 Å². The number of halogens is 3. The summed E-state index contributed by atoms with van der Waals surface area (Å²) in [4.78, 5) is 68.4. The molecule has 1 N–H and O–H groups in total. The normalized spacial score (nSPS) is 16.3. The summed E-state index contributed by atoms with van der Waals surface area (Å²) < 4.78 is 55.9. The van der Waals surface area contributed by atoms with Crippen LogP contribution in [0, 0.1) is 51.5 Å². The fourth-order valence-corrected chi connectivity index (χ4v) is 6.30. The highest BCUT2D eigenvalue weighted by Gasteiger charge is 2.53. The molecular formula is C36H35F3N6O10. The maximum absolute atomic E-state index is 15.0. The minimum absolute atomic E-state index is 0.0568. The minimum atomic E-state index is -1.77. The first-order chi connectivity index (χ1) is 26.3. The number of aromatic nitrogens is 2. The van der Waals surface area contributed by atoms with Crippen LogP contribution in [-0.2, 0) is 36.1 Å². The number of aryl methyl sites for hydroxylation is 2. The third-order valence-electron chi connectivity index (χ3n) is 8.65. The molecule has 4 aromatic rings. The van der Waals surface area contributed by atoms with Gasteiger partial charge in [-0.1, -0.05) is 48.5 Å². The van der Waals surface area contributed by atoms with Crippen LogP contribution in [0.15, 0.2) is 72.8 Å². The van der Waals surface area contributed by atoms with Crippen LogP contribution in [0.3, 0.4) is 0 Å². The lowest BCUT2D eigenvalue weighted by Gasteiger charge is -2.40. The fourth-order valence-electron chi connectivity index (χ4n) is 6.30. The van der Waals surface area contributed by atoms with E-state index in [1.807, 2.05) is 0 Å². The summed E-state index contributed by atoms with van der Waals surface area (Å²) in [6.07, 6.45) is -2.73. The number of nitrogens with one attached hydrogen (secondary N) is 1. The maximum Gasteiger partial charge on any atom is 0.350 e. The Bertz CT molecular complexity index is 2000. The zero-order valence-corrected chi connectivity index (χ0v) is 29.5. The molecule has 0 saturated carbocycles. The lowest BCUT2D eigenvalue weighted by atomic mass is 9.77. The second-order valence-electron chi connectivity index (χ2n) is 12.4. The molecule has 19 heteroatoms. The van der Waals surface area contributed by atoms with Gasteiger partial charge >= 0.3 is 12.0 Å². The predicted molar refractivity (Wildman–Crippen MR) is 185 cm³/mol. The van der Waals surface area contributed by atoms with E-state index in [0.717, 1.165) is 4.90 Å². The number of para-hydroxylation sites is 1. The van der Waals surface area contributed by atoms with Crippen molar-refractivity contribution in [3.63, 3.8) is 0 Å². The van der Waals surface area contributed by atoms with Crippen LogP contribution in [0.4, 0.5) is 18.9 Å². The second-order valence-corrected chi connectivity index (χ2v) is 12.4. The van der Waals surface area contributed by atoms with Crippen molar-refractivity contribution in [2.45, 2.75) is 57.4 Å². The fraction of sp³-hybridized carbons (Fsp3) is 0.333. The van der Waals surface area contributed by atoms with Gasteiger partial charge in [-0.2, -0.15) is 0 Å². The molecular weight excluding hydrogens is 733 g/mol. The molecule has 3 atom stereocenters. The highest BCUT2D eigenvalue weighted by Crippen LogP contribution is 2.43. The Morgan fingerprint density at radius 1 is 0.945 bits per heavy atom.